The number of fused-ring (bicyclic) bond motifs is 2. The van der Waals surface area contributed by atoms with E-state index in [2.05, 4.69) is 63.9 Å². The Morgan fingerprint density at radius 1 is 1.19 bits per heavy atom. The number of rotatable bonds is 3. The molecule has 0 radical (unpaired) electrons. The van der Waals surface area contributed by atoms with Gasteiger partial charge in [-0.2, -0.15) is 9.97 Å². The summed E-state index contributed by atoms with van der Waals surface area (Å²) in [6.45, 7) is 3.38. The molecule has 0 saturated heterocycles. The third kappa shape index (κ3) is 2.67. The molecule has 1 aromatic carbocycles. The molecule has 5 rings (SSSR count). The van der Waals surface area contributed by atoms with Gasteiger partial charge < -0.3 is 20.2 Å². The number of aromatic nitrogens is 7. The molecule has 3 N–H and O–H groups in total. The monoisotopic (exact) mass is 361 g/mol. The molecule has 4 heterocycles. The van der Waals surface area contributed by atoms with Crippen LogP contribution in [0.2, 0.25) is 0 Å². The van der Waals surface area contributed by atoms with E-state index in [1.54, 1.807) is 6.33 Å². The van der Waals surface area contributed by atoms with E-state index in [0.29, 0.717) is 12.2 Å². The zero-order valence-electron chi connectivity index (χ0n) is 14.9. The fourth-order valence-corrected chi connectivity index (χ4v) is 3.83. The van der Waals surface area contributed by atoms with Gasteiger partial charge in [-0.15, -0.1) is 10.2 Å². The van der Waals surface area contributed by atoms with Gasteiger partial charge in [0.1, 0.15) is 11.3 Å². The maximum absolute atomic E-state index is 5.91. The lowest BCUT2D eigenvalue weighted by atomic mass is 10.0. The summed E-state index contributed by atoms with van der Waals surface area (Å²) < 4.78 is 2.23. The first-order valence-electron chi connectivity index (χ1n) is 8.85. The highest BCUT2D eigenvalue weighted by atomic mass is 15.4. The Morgan fingerprint density at radius 2 is 2.04 bits per heavy atom. The van der Waals surface area contributed by atoms with Crippen molar-refractivity contribution < 1.29 is 0 Å². The number of hydrogen-bond acceptors (Lipinski definition) is 7. The number of benzene rings is 1. The van der Waals surface area contributed by atoms with Gasteiger partial charge in [0, 0.05) is 6.54 Å². The van der Waals surface area contributed by atoms with Crippen LogP contribution in [-0.2, 0) is 13.0 Å². The van der Waals surface area contributed by atoms with Crippen LogP contribution in [0, 0.1) is 6.92 Å². The Kier molecular flexibility index (Phi) is 3.52. The average Bonchev–Trinajstić information content (AvgIpc) is 3.28. The van der Waals surface area contributed by atoms with Crippen LogP contribution in [0.4, 0.5) is 11.8 Å². The van der Waals surface area contributed by atoms with Gasteiger partial charge in [-0.3, -0.25) is 0 Å². The predicted molar refractivity (Wildman–Crippen MR) is 101 cm³/mol. The maximum atomic E-state index is 5.91. The van der Waals surface area contributed by atoms with E-state index >= 15 is 0 Å². The lowest BCUT2D eigenvalue weighted by Gasteiger charge is -2.35. The van der Waals surface area contributed by atoms with Crippen molar-refractivity contribution in [3.63, 3.8) is 0 Å². The van der Waals surface area contributed by atoms with E-state index in [0.717, 1.165) is 35.9 Å². The van der Waals surface area contributed by atoms with Crippen LogP contribution in [0.15, 0.2) is 36.7 Å². The second-order valence-corrected chi connectivity index (χ2v) is 6.76. The highest BCUT2D eigenvalue weighted by molar-refractivity contribution is 5.84. The number of anilines is 2. The first kappa shape index (κ1) is 15.7. The van der Waals surface area contributed by atoms with Crippen molar-refractivity contribution in [3.8, 4) is 0 Å². The maximum Gasteiger partial charge on any atom is 0.224 e. The number of aryl methyl sites for hydroxylation is 1. The van der Waals surface area contributed by atoms with Crippen LogP contribution in [-0.4, -0.2) is 41.2 Å². The topological polar surface area (TPSA) is 114 Å². The molecule has 3 aromatic heterocycles. The zero-order chi connectivity index (χ0) is 18.4. The normalized spacial score (nSPS) is 16.6. The molecule has 1 aliphatic rings. The third-order valence-corrected chi connectivity index (χ3v) is 4.96. The van der Waals surface area contributed by atoms with Crippen LogP contribution in [0.1, 0.15) is 23.3 Å². The molecular weight excluding hydrogens is 342 g/mol. The van der Waals surface area contributed by atoms with Crippen molar-refractivity contribution in [2.24, 2.45) is 0 Å². The summed E-state index contributed by atoms with van der Waals surface area (Å²) >= 11 is 0. The Balaban J connectivity index is 1.57. The molecule has 0 fully saturated rings. The fraction of sp³-hybridized carbons (Fsp3) is 0.278. The second kappa shape index (κ2) is 6.04. The van der Waals surface area contributed by atoms with Gasteiger partial charge in [0.2, 0.25) is 5.95 Å². The van der Waals surface area contributed by atoms with Crippen molar-refractivity contribution in [3.05, 3.63) is 53.9 Å². The van der Waals surface area contributed by atoms with Crippen LogP contribution in [0.25, 0.3) is 11.2 Å². The van der Waals surface area contributed by atoms with Gasteiger partial charge in [0.15, 0.2) is 17.3 Å². The molecule has 0 bridgehead atoms. The minimum atomic E-state index is 0.195. The molecule has 9 nitrogen and oxygen atoms in total. The number of aromatic amines is 1. The Bertz CT molecular complexity index is 1100. The van der Waals surface area contributed by atoms with Gasteiger partial charge in [-0.05, 0) is 18.9 Å². The zero-order valence-corrected chi connectivity index (χ0v) is 14.9. The molecule has 0 saturated carbocycles. The molecule has 0 aliphatic carbocycles. The minimum absolute atomic E-state index is 0.195. The van der Waals surface area contributed by atoms with Crippen molar-refractivity contribution in [2.75, 3.05) is 17.2 Å². The Morgan fingerprint density at radius 3 is 2.89 bits per heavy atom. The lowest BCUT2D eigenvalue weighted by molar-refractivity contribution is 0.421. The van der Waals surface area contributed by atoms with Crippen LogP contribution < -0.4 is 10.6 Å². The number of nitrogens with one attached hydrogen (secondary N) is 1. The second-order valence-electron chi connectivity index (χ2n) is 6.76. The number of nitrogens with zero attached hydrogens (tertiary/aromatic N) is 7. The SMILES string of the molecule is Cc1nnc2n1[C@H](Cc1ccccc1)CN(c1nc(N)nc3nc[nH]c13)C2. The number of H-pyrrole nitrogens is 1. The van der Waals surface area contributed by atoms with Gasteiger partial charge >= 0.3 is 0 Å². The van der Waals surface area contributed by atoms with Crippen molar-refractivity contribution >= 4 is 22.9 Å². The molecule has 0 amide bonds. The summed E-state index contributed by atoms with van der Waals surface area (Å²) in [4.78, 5) is 18.2. The smallest absolute Gasteiger partial charge is 0.224 e. The molecule has 1 atom stereocenters. The molecule has 4 aromatic rings. The van der Waals surface area contributed by atoms with E-state index in [-0.39, 0.29) is 12.0 Å². The molecular formula is C18H19N9. The highest BCUT2D eigenvalue weighted by Crippen LogP contribution is 2.30. The molecule has 27 heavy (non-hydrogen) atoms. The number of imidazole rings is 1. The standard InChI is InChI=1S/C18H19N9/c1-11-24-25-14-9-26(17-15-16(21-10-20-15)22-18(19)23-17)8-13(27(11)14)7-12-5-3-2-4-6-12/h2-6,10,13H,7-9H2,1H3,(H3,19,20,21,22,23)/t13-/m1/s1. The third-order valence-electron chi connectivity index (χ3n) is 4.96. The molecule has 0 unspecified atom stereocenters. The van der Waals surface area contributed by atoms with Crippen molar-refractivity contribution in [2.45, 2.75) is 25.9 Å². The lowest BCUT2D eigenvalue weighted by Crippen LogP contribution is -2.39. The average molecular weight is 361 g/mol. The van der Waals surface area contributed by atoms with Crippen LogP contribution in [0.3, 0.4) is 0 Å². The summed E-state index contributed by atoms with van der Waals surface area (Å²) in [5.41, 5.74) is 8.54. The molecule has 9 heteroatoms. The predicted octanol–water partition coefficient (Wildman–Crippen LogP) is 1.64. The van der Waals surface area contributed by atoms with Crippen molar-refractivity contribution in [1.82, 2.24) is 34.7 Å². The molecule has 1 aliphatic heterocycles. The fourth-order valence-electron chi connectivity index (χ4n) is 3.83. The van der Waals surface area contributed by atoms with Gasteiger partial charge in [-0.1, -0.05) is 30.3 Å². The van der Waals surface area contributed by atoms with Crippen LogP contribution >= 0.6 is 0 Å². The summed E-state index contributed by atoms with van der Waals surface area (Å²) in [5.74, 6) is 2.82. The number of hydrogen-bond donors (Lipinski definition) is 2. The Labute approximate surface area is 155 Å². The summed E-state index contributed by atoms with van der Waals surface area (Å²) in [6, 6.07) is 10.7. The highest BCUT2D eigenvalue weighted by Gasteiger charge is 2.30. The van der Waals surface area contributed by atoms with E-state index in [1.165, 1.54) is 5.56 Å². The van der Waals surface area contributed by atoms with Gasteiger partial charge in [-0.25, -0.2) is 4.98 Å². The quantitative estimate of drug-likeness (QED) is 0.570. The summed E-state index contributed by atoms with van der Waals surface area (Å²) in [6.07, 6.45) is 2.50. The van der Waals surface area contributed by atoms with Gasteiger partial charge in [0.25, 0.3) is 0 Å². The summed E-state index contributed by atoms with van der Waals surface area (Å²) in [7, 11) is 0. The molecule has 136 valence electrons. The van der Waals surface area contributed by atoms with E-state index in [4.69, 9.17) is 5.73 Å². The minimum Gasteiger partial charge on any atom is -0.368 e. The first-order valence-corrected chi connectivity index (χ1v) is 8.85. The number of nitrogen functional groups attached to an aromatic ring is 1. The van der Waals surface area contributed by atoms with E-state index in [1.807, 2.05) is 13.0 Å². The largest absolute Gasteiger partial charge is 0.368 e. The van der Waals surface area contributed by atoms with E-state index in [9.17, 15) is 0 Å². The van der Waals surface area contributed by atoms with Crippen LogP contribution in [0.5, 0.6) is 0 Å². The van der Waals surface area contributed by atoms with Crippen molar-refractivity contribution in [1.29, 1.82) is 0 Å². The number of nitrogens with two attached hydrogens (primary N) is 1. The van der Waals surface area contributed by atoms with Gasteiger partial charge in [0.05, 0.1) is 18.9 Å². The van der Waals surface area contributed by atoms with E-state index < -0.39 is 0 Å². The first-order chi connectivity index (χ1) is 13.2. The Hall–Kier alpha value is -3.49. The summed E-state index contributed by atoms with van der Waals surface area (Å²) in [5, 5.41) is 8.68. The molecule has 0 spiro atoms.